The lowest BCUT2D eigenvalue weighted by Crippen LogP contribution is -2.34. The third-order valence-electron chi connectivity index (χ3n) is 5.96. The molecule has 1 unspecified atom stereocenters. The molecule has 1 aliphatic heterocycles. The van der Waals surface area contributed by atoms with E-state index < -0.39 is 26.6 Å². The van der Waals surface area contributed by atoms with Crippen molar-refractivity contribution in [2.75, 3.05) is 6.54 Å². The summed E-state index contributed by atoms with van der Waals surface area (Å²) in [5.41, 5.74) is 3.49. The van der Waals surface area contributed by atoms with Gasteiger partial charge in [0.25, 0.3) is 0 Å². The van der Waals surface area contributed by atoms with E-state index >= 15 is 0 Å². The van der Waals surface area contributed by atoms with Gasteiger partial charge < -0.3 is 4.57 Å². The first-order chi connectivity index (χ1) is 15.3. The number of hydrogen-bond acceptors (Lipinski definition) is 4. The molecule has 0 saturated carbocycles. The summed E-state index contributed by atoms with van der Waals surface area (Å²) in [5, 5.41) is 6.73. The fourth-order valence-corrected chi connectivity index (χ4v) is 6.24. The summed E-state index contributed by atoms with van der Waals surface area (Å²) in [6.07, 6.45) is 6.05. The van der Waals surface area contributed by atoms with Crippen molar-refractivity contribution in [2.45, 2.75) is 30.8 Å². The van der Waals surface area contributed by atoms with Gasteiger partial charge in [0, 0.05) is 37.1 Å². The van der Waals surface area contributed by atoms with E-state index in [0.29, 0.717) is 13.0 Å². The van der Waals surface area contributed by atoms with Gasteiger partial charge in [-0.25, -0.2) is 22.2 Å². The second-order valence-corrected chi connectivity index (χ2v) is 10.0. The summed E-state index contributed by atoms with van der Waals surface area (Å²) in [6.45, 7) is 2.62. The number of rotatable bonds is 5. The van der Waals surface area contributed by atoms with E-state index in [9.17, 15) is 17.2 Å². The zero-order chi connectivity index (χ0) is 22.5. The molecule has 0 spiro atoms. The van der Waals surface area contributed by atoms with Crippen molar-refractivity contribution in [2.24, 2.45) is 5.92 Å². The Morgan fingerprint density at radius 3 is 2.81 bits per heavy atom. The maximum Gasteiger partial charge on any atom is 0.246 e. The molecule has 0 amide bonds. The molecule has 1 aliphatic rings. The zero-order valence-electron chi connectivity index (χ0n) is 17.2. The van der Waals surface area contributed by atoms with E-state index in [1.54, 1.807) is 19.3 Å². The molecular weight excluding hydrogens is 436 g/mol. The highest BCUT2D eigenvalue weighted by molar-refractivity contribution is 7.89. The maximum absolute atomic E-state index is 14.2. The fourth-order valence-electron chi connectivity index (χ4n) is 4.44. The molecule has 166 valence electrons. The molecule has 0 bridgehead atoms. The summed E-state index contributed by atoms with van der Waals surface area (Å²) in [5.74, 6) is -1.70. The molecule has 0 radical (unpaired) electrons. The van der Waals surface area contributed by atoms with Crippen molar-refractivity contribution >= 4 is 21.1 Å². The minimum atomic E-state index is -4.14. The molecule has 1 saturated heterocycles. The molecule has 32 heavy (non-hydrogen) atoms. The Labute approximate surface area is 183 Å². The van der Waals surface area contributed by atoms with Gasteiger partial charge in [-0.05, 0) is 55.7 Å². The minimum Gasteiger partial charge on any atom is -0.346 e. The van der Waals surface area contributed by atoms with Gasteiger partial charge >= 0.3 is 0 Å². The van der Waals surface area contributed by atoms with Crippen LogP contribution in [0.1, 0.15) is 13.3 Å². The fraction of sp³-hybridized carbons (Fsp3) is 0.273. The molecule has 0 aliphatic carbocycles. The Bertz CT molecular complexity index is 1380. The van der Waals surface area contributed by atoms with Crippen LogP contribution in [0.15, 0.2) is 59.9 Å². The van der Waals surface area contributed by atoms with E-state index in [-0.39, 0.29) is 18.5 Å². The molecule has 4 aromatic rings. The van der Waals surface area contributed by atoms with Crippen molar-refractivity contribution in [1.82, 2.24) is 24.1 Å². The van der Waals surface area contributed by atoms with Crippen molar-refractivity contribution in [3.05, 3.63) is 66.6 Å². The Morgan fingerprint density at radius 2 is 2.03 bits per heavy atom. The highest BCUT2D eigenvalue weighted by Gasteiger charge is 2.39. The van der Waals surface area contributed by atoms with Crippen LogP contribution in [0.5, 0.6) is 0 Å². The number of pyridine rings is 1. The van der Waals surface area contributed by atoms with Crippen molar-refractivity contribution < 1.29 is 17.2 Å². The molecule has 1 aromatic carbocycles. The van der Waals surface area contributed by atoms with Crippen molar-refractivity contribution in [3.63, 3.8) is 0 Å². The number of H-pyrrole nitrogens is 1. The number of nitrogens with zero attached hydrogens (tertiary/aromatic N) is 4. The van der Waals surface area contributed by atoms with Gasteiger partial charge in [-0.15, -0.1) is 0 Å². The average Bonchev–Trinajstić information content (AvgIpc) is 3.50. The monoisotopic (exact) mass is 457 g/mol. The van der Waals surface area contributed by atoms with Gasteiger partial charge in [-0.3, -0.25) is 5.10 Å². The Kier molecular flexibility index (Phi) is 5.06. The molecule has 1 N–H and O–H groups in total. The van der Waals surface area contributed by atoms with E-state index in [1.807, 2.05) is 24.4 Å². The highest BCUT2D eigenvalue weighted by Crippen LogP contribution is 2.32. The zero-order valence-corrected chi connectivity index (χ0v) is 18.1. The topological polar surface area (TPSA) is 83.9 Å². The predicted molar refractivity (Wildman–Crippen MR) is 115 cm³/mol. The summed E-state index contributed by atoms with van der Waals surface area (Å²) in [4.78, 5) is 4.06. The van der Waals surface area contributed by atoms with Gasteiger partial charge in [0.1, 0.15) is 16.5 Å². The second-order valence-electron chi connectivity index (χ2n) is 8.16. The third kappa shape index (κ3) is 3.59. The van der Waals surface area contributed by atoms with Crippen LogP contribution in [0.2, 0.25) is 0 Å². The maximum atomic E-state index is 14.2. The lowest BCUT2D eigenvalue weighted by Gasteiger charge is -2.21. The third-order valence-corrected chi connectivity index (χ3v) is 7.95. The van der Waals surface area contributed by atoms with Crippen molar-refractivity contribution in [3.8, 4) is 11.3 Å². The molecule has 10 heteroatoms. The van der Waals surface area contributed by atoms with Gasteiger partial charge in [-0.1, -0.05) is 0 Å². The van der Waals surface area contributed by atoms with E-state index in [4.69, 9.17) is 0 Å². The normalized spacial score (nSPS) is 19.7. The van der Waals surface area contributed by atoms with Gasteiger partial charge in [0.2, 0.25) is 10.0 Å². The van der Waals surface area contributed by atoms with E-state index in [0.717, 1.165) is 40.5 Å². The summed E-state index contributed by atoms with van der Waals surface area (Å²) < 4.78 is 57.1. The van der Waals surface area contributed by atoms with Crippen LogP contribution in [0.25, 0.3) is 22.3 Å². The second kappa shape index (κ2) is 7.79. The smallest absolute Gasteiger partial charge is 0.246 e. The lowest BCUT2D eigenvalue weighted by molar-refractivity contribution is 0.396. The van der Waals surface area contributed by atoms with Crippen LogP contribution in [-0.4, -0.2) is 45.1 Å². The first-order valence-electron chi connectivity index (χ1n) is 10.2. The van der Waals surface area contributed by atoms with Crippen molar-refractivity contribution in [1.29, 1.82) is 0 Å². The van der Waals surface area contributed by atoms with Crippen LogP contribution < -0.4 is 0 Å². The SMILES string of the molecule is C[C@H]1CC(Cn2ccc3nc(-c4cn[nH]c4)ccc32)CN1S(=O)(=O)c1cc(F)ccc1F. The predicted octanol–water partition coefficient (Wildman–Crippen LogP) is 3.80. The largest absolute Gasteiger partial charge is 0.346 e. The number of aromatic amines is 1. The lowest BCUT2D eigenvalue weighted by atomic mass is 10.1. The summed E-state index contributed by atoms with van der Waals surface area (Å²) in [6, 6.07) is 8.01. The Morgan fingerprint density at radius 1 is 1.19 bits per heavy atom. The quantitative estimate of drug-likeness (QED) is 0.494. The first kappa shape index (κ1) is 20.8. The first-order valence-corrected chi connectivity index (χ1v) is 11.7. The molecule has 5 rings (SSSR count). The minimum absolute atomic E-state index is 0.0283. The molecule has 4 heterocycles. The van der Waals surface area contributed by atoms with Gasteiger partial charge in [0.05, 0.1) is 22.9 Å². The molecule has 3 aromatic heterocycles. The molecule has 1 fully saturated rings. The van der Waals surface area contributed by atoms with Crippen LogP contribution in [-0.2, 0) is 16.6 Å². The van der Waals surface area contributed by atoms with Crippen LogP contribution in [0, 0.1) is 17.6 Å². The number of halogens is 2. The van der Waals surface area contributed by atoms with Crippen LogP contribution in [0.3, 0.4) is 0 Å². The molecule has 7 nitrogen and oxygen atoms in total. The number of benzene rings is 1. The Hall–Kier alpha value is -3.11. The molecular formula is C22H21F2N5O2S. The average molecular weight is 458 g/mol. The highest BCUT2D eigenvalue weighted by atomic mass is 32.2. The van der Waals surface area contributed by atoms with Crippen LogP contribution >= 0.6 is 0 Å². The standard InChI is InChI=1S/C22H21F2N5O2S/c1-14-8-15(13-29(14)32(30,31)22-9-17(23)2-3-18(22)24)12-28-7-6-20-21(28)5-4-19(27-20)16-10-25-26-11-16/h2-7,9-11,14-15H,8,12-13H2,1H3,(H,25,26)/t14-,15?/m0/s1. The number of aromatic nitrogens is 4. The van der Waals surface area contributed by atoms with Crippen LogP contribution in [0.4, 0.5) is 8.78 Å². The number of nitrogens with one attached hydrogen (secondary N) is 1. The number of hydrogen-bond donors (Lipinski definition) is 1. The van der Waals surface area contributed by atoms with E-state index in [2.05, 4.69) is 19.7 Å². The Balaban J connectivity index is 1.37. The summed E-state index contributed by atoms with van der Waals surface area (Å²) >= 11 is 0. The van der Waals surface area contributed by atoms with Gasteiger partial charge in [-0.2, -0.15) is 9.40 Å². The number of sulfonamides is 1. The van der Waals surface area contributed by atoms with E-state index in [1.165, 1.54) is 4.31 Å². The van der Waals surface area contributed by atoms with Gasteiger partial charge in [0.15, 0.2) is 0 Å². The molecule has 2 atom stereocenters. The number of fused-ring (bicyclic) bond motifs is 1. The summed E-state index contributed by atoms with van der Waals surface area (Å²) in [7, 11) is -4.14.